The number of amides is 1. The molecule has 4 unspecified atom stereocenters. The first-order chi connectivity index (χ1) is 8.90. The molecule has 0 saturated carbocycles. The minimum Gasteiger partial charge on any atom is -0.394 e. The van der Waals surface area contributed by atoms with Gasteiger partial charge in [0.15, 0.2) is 6.10 Å². The molecule has 0 heterocycles. The molecule has 7 heteroatoms. The zero-order valence-corrected chi connectivity index (χ0v) is 11.4. The van der Waals surface area contributed by atoms with E-state index in [0.717, 1.165) is 0 Å². The van der Waals surface area contributed by atoms with Gasteiger partial charge in [0.05, 0.1) is 6.61 Å². The Labute approximate surface area is 113 Å². The third kappa shape index (κ3) is 5.42. The number of carbonyl (C=O) groups is 1. The molecule has 7 nitrogen and oxygen atoms in total. The van der Waals surface area contributed by atoms with Crippen molar-refractivity contribution in [1.29, 1.82) is 0 Å². The molecule has 0 spiro atoms. The molecule has 0 rings (SSSR count). The van der Waals surface area contributed by atoms with E-state index in [1.165, 1.54) is 4.90 Å². The van der Waals surface area contributed by atoms with Crippen LogP contribution in [0.15, 0.2) is 0 Å². The van der Waals surface area contributed by atoms with Gasteiger partial charge >= 0.3 is 0 Å². The smallest absolute Gasteiger partial charge is 0.254 e. The molecule has 0 aromatic carbocycles. The van der Waals surface area contributed by atoms with Crippen LogP contribution in [0, 0.1) is 0 Å². The lowest BCUT2D eigenvalue weighted by molar-refractivity contribution is -0.158. The number of hydrogen-bond acceptors (Lipinski definition) is 6. The molecular formula is C12H25NO6. The standard InChI is InChI=1S/C12H25NO6/c1-3-5-13(6-4-2)12(19)11(18)10(17)9(16)8(15)7-14/h8-11,14-18H,3-7H2,1-2H3. The van der Waals surface area contributed by atoms with Crippen LogP contribution in [-0.4, -0.2) is 80.5 Å². The van der Waals surface area contributed by atoms with Crippen molar-refractivity contribution in [2.24, 2.45) is 0 Å². The van der Waals surface area contributed by atoms with Gasteiger partial charge in [0.1, 0.15) is 18.3 Å². The fourth-order valence-electron chi connectivity index (χ4n) is 1.73. The Morgan fingerprint density at radius 1 is 1.00 bits per heavy atom. The summed E-state index contributed by atoms with van der Waals surface area (Å²) in [4.78, 5) is 13.3. The normalized spacial score (nSPS) is 17.6. The van der Waals surface area contributed by atoms with Crippen molar-refractivity contribution in [3.63, 3.8) is 0 Å². The summed E-state index contributed by atoms with van der Waals surface area (Å²) in [5.41, 5.74) is 0. The summed E-state index contributed by atoms with van der Waals surface area (Å²) < 4.78 is 0. The zero-order chi connectivity index (χ0) is 15.0. The van der Waals surface area contributed by atoms with Crippen molar-refractivity contribution in [2.45, 2.75) is 51.1 Å². The highest BCUT2D eigenvalue weighted by Gasteiger charge is 2.35. The van der Waals surface area contributed by atoms with Crippen molar-refractivity contribution in [3.05, 3.63) is 0 Å². The number of hydrogen-bond donors (Lipinski definition) is 5. The number of carbonyl (C=O) groups excluding carboxylic acids is 1. The lowest BCUT2D eigenvalue weighted by Crippen LogP contribution is -2.52. The van der Waals surface area contributed by atoms with Gasteiger partial charge in [-0.3, -0.25) is 4.79 Å². The highest BCUT2D eigenvalue weighted by atomic mass is 16.4. The Morgan fingerprint density at radius 2 is 1.47 bits per heavy atom. The summed E-state index contributed by atoms with van der Waals surface area (Å²) in [6, 6.07) is 0. The second-order valence-corrected chi connectivity index (χ2v) is 4.50. The predicted octanol–water partition coefficient (Wildman–Crippen LogP) is -1.93. The highest BCUT2D eigenvalue weighted by molar-refractivity contribution is 5.81. The number of nitrogens with zero attached hydrogens (tertiary/aromatic N) is 1. The van der Waals surface area contributed by atoms with E-state index in [1.54, 1.807) is 0 Å². The maximum absolute atomic E-state index is 11.9. The summed E-state index contributed by atoms with van der Waals surface area (Å²) in [6.45, 7) is 3.86. The summed E-state index contributed by atoms with van der Waals surface area (Å²) >= 11 is 0. The Bertz CT molecular complexity index is 257. The van der Waals surface area contributed by atoms with Crippen LogP contribution >= 0.6 is 0 Å². The van der Waals surface area contributed by atoms with E-state index < -0.39 is 36.9 Å². The zero-order valence-electron chi connectivity index (χ0n) is 11.4. The van der Waals surface area contributed by atoms with Crippen molar-refractivity contribution >= 4 is 5.91 Å². The fraction of sp³-hybridized carbons (Fsp3) is 0.917. The van der Waals surface area contributed by atoms with E-state index in [0.29, 0.717) is 25.9 Å². The molecular weight excluding hydrogens is 254 g/mol. The Morgan fingerprint density at radius 3 is 1.84 bits per heavy atom. The highest BCUT2D eigenvalue weighted by Crippen LogP contribution is 2.09. The summed E-state index contributed by atoms with van der Waals surface area (Å²) in [5.74, 6) is -0.694. The number of rotatable bonds is 9. The summed E-state index contributed by atoms with van der Waals surface area (Å²) in [5, 5.41) is 46.6. The quantitative estimate of drug-likeness (QED) is 0.335. The molecule has 0 fully saturated rings. The molecule has 5 N–H and O–H groups in total. The lowest BCUT2D eigenvalue weighted by atomic mass is 10.0. The molecule has 1 amide bonds. The van der Waals surface area contributed by atoms with E-state index >= 15 is 0 Å². The molecule has 0 aromatic rings. The Hall–Kier alpha value is -0.730. The average molecular weight is 279 g/mol. The van der Waals surface area contributed by atoms with E-state index in [4.69, 9.17) is 5.11 Å². The maximum atomic E-state index is 11.9. The Balaban J connectivity index is 4.67. The van der Waals surface area contributed by atoms with E-state index in [-0.39, 0.29) is 0 Å². The van der Waals surface area contributed by atoms with Crippen LogP contribution in [0.4, 0.5) is 0 Å². The molecule has 0 aromatic heterocycles. The topological polar surface area (TPSA) is 121 Å². The van der Waals surface area contributed by atoms with Gasteiger partial charge in [-0.05, 0) is 12.8 Å². The molecule has 19 heavy (non-hydrogen) atoms. The third-order valence-corrected chi connectivity index (χ3v) is 2.81. The first-order valence-electron chi connectivity index (χ1n) is 6.52. The first-order valence-corrected chi connectivity index (χ1v) is 6.52. The SMILES string of the molecule is CCCN(CCC)C(=O)C(O)C(O)C(O)C(O)CO. The number of aliphatic hydroxyl groups is 5. The monoisotopic (exact) mass is 279 g/mol. The molecule has 0 aliphatic carbocycles. The first kappa shape index (κ1) is 18.3. The van der Waals surface area contributed by atoms with Crippen molar-refractivity contribution in [2.75, 3.05) is 19.7 Å². The van der Waals surface area contributed by atoms with E-state index in [2.05, 4.69) is 0 Å². The van der Waals surface area contributed by atoms with Crippen LogP contribution in [0.2, 0.25) is 0 Å². The third-order valence-electron chi connectivity index (χ3n) is 2.81. The second-order valence-electron chi connectivity index (χ2n) is 4.50. The summed E-state index contributed by atoms with van der Waals surface area (Å²) in [6.07, 6.45) is -5.65. The van der Waals surface area contributed by atoms with Gasteiger partial charge in [-0.1, -0.05) is 13.8 Å². The van der Waals surface area contributed by atoms with Gasteiger partial charge in [0, 0.05) is 13.1 Å². The van der Waals surface area contributed by atoms with E-state index in [9.17, 15) is 25.2 Å². The fourth-order valence-corrected chi connectivity index (χ4v) is 1.73. The maximum Gasteiger partial charge on any atom is 0.254 e. The van der Waals surface area contributed by atoms with Crippen LogP contribution in [0.3, 0.4) is 0 Å². The molecule has 0 saturated heterocycles. The van der Waals surface area contributed by atoms with Gasteiger partial charge in [0.25, 0.3) is 5.91 Å². The predicted molar refractivity (Wildman–Crippen MR) is 68.3 cm³/mol. The van der Waals surface area contributed by atoms with Gasteiger partial charge < -0.3 is 30.4 Å². The molecule has 4 atom stereocenters. The molecule has 0 aliphatic rings. The van der Waals surface area contributed by atoms with Crippen molar-refractivity contribution < 1.29 is 30.3 Å². The Kier molecular flexibility index (Phi) is 8.86. The molecule has 0 aliphatic heterocycles. The summed E-state index contributed by atoms with van der Waals surface area (Å²) in [7, 11) is 0. The van der Waals surface area contributed by atoms with E-state index in [1.807, 2.05) is 13.8 Å². The average Bonchev–Trinajstić information content (AvgIpc) is 2.42. The van der Waals surface area contributed by atoms with Crippen LogP contribution in [0.1, 0.15) is 26.7 Å². The molecule has 114 valence electrons. The van der Waals surface area contributed by atoms with Crippen molar-refractivity contribution in [1.82, 2.24) is 4.90 Å². The van der Waals surface area contributed by atoms with Gasteiger partial charge in [0.2, 0.25) is 0 Å². The van der Waals surface area contributed by atoms with Crippen molar-refractivity contribution in [3.8, 4) is 0 Å². The minimum atomic E-state index is -1.84. The lowest BCUT2D eigenvalue weighted by Gasteiger charge is -2.29. The largest absolute Gasteiger partial charge is 0.394 e. The number of aliphatic hydroxyl groups excluding tert-OH is 5. The van der Waals surface area contributed by atoms with Crippen LogP contribution in [-0.2, 0) is 4.79 Å². The van der Waals surface area contributed by atoms with Gasteiger partial charge in [-0.2, -0.15) is 0 Å². The second kappa shape index (κ2) is 9.22. The van der Waals surface area contributed by atoms with Crippen LogP contribution in [0.25, 0.3) is 0 Å². The van der Waals surface area contributed by atoms with Gasteiger partial charge in [-0.25, -0.2) is 0 Å². The van der Waals surface area contributed by atoms with Crippen LogP contribution in [0.5, 0.6) is 0 Å². The minimum absolute atomic E-state index is 0.440. The van der Waals surface area contributed by atoms with Gasteiger partial charge in [-0.15, -0.1) is 0 Å². The molecule has 0 bridgehead atoms. The molecule has 0 radical (unpaired) electrons. The van der Waals surface area contributed by atoms with Crippen LogP contribution < -0.4 is 0 Å².